The number of para-hydroxylation sites is 1. The van der Waals surface area contributed by atoms with E-state index in [1.807, 2.05) is 18.2 Å². The summed E-state index contributed by atoms with van der Waals surface area (Å²) in [4.78, 5) is 11.3. The molecule has 1 amide bonds. The molecule has 1 atom stereocenters. The maximum Gasteiger partial charge on any atom is 0.242 e. The molecule has 0 radical (unpaired) electrons. The van der Waals surface area contributed by atoms with Gasteiger partial charge in [-0.1, -0.05) is 23.7 Å². The predicted molar refractivity (Wildman–Crippen MR) is 52.9 cm³/mol. The zero-order valence-corrected chi connectivity index (χ0v) is 8.01. The van der Waals surface area contributed by atoms with Crippen LogP contribution in [0.5, 0.6) is 0 Å². The topological polar surface area (TPSA) is 52.9 Å². The van der Waals surface area contributed by atoms with Crippen molar-refractivity contribution < 1.29 is 4.79 Å². The van der Waals surface area contributed by atoms with Crippen molar-refractivity contribution in [2.45, 2.75) is 6.42 Å². The van der Waals surface area contributed by atoms with Gasteiger partial charge in [0.05, 0.1) is 16.8 Å². The number of hydrogen-bond acceptors (Lipinski definition) is 2. The van der Waals surface area contributed by atoms with E-state index in [0.717, 1.165) is 5.56 Å². The summed E-state index contributed by atoms with van der Waals surface area (Å²) in [5.41, 5.74) is 1.56. The molecule has 70 valence electrons. The summed E-state index contributed by atoms with van der Waals surface area (Å²) in [6.45, 7) is 0. The molecule has 1 aromatic rings. The number of rotatable bonds is 0. The SMILES string of the molecule is N#CC1Cc2cccc(Cl)c2NC1=O. The second-order valence-corrected chi connectivity index (χ2v) is 3.56. The third kappa shape index (κ3) is 1.34. The van der Waals surface area contributed by atoms with E-state index in [-0.39, 0.29) is 5.91 Å². The van der Waals surface area contributed by atoms with Gasteiger partial charge in [0.1, 0.15) is 5.92 Å². The van der Waals surface area contributed by atoms with Gasteiger partial charge in [0.2, 0.25) is 5.91 Å². The molecule has 4 heteroatoms. The lowest BCUT2D eigenvalue weighted by molar-refractivity contribution is -0.118. The molecule has 1 aliphatic rings. The average Bonchev–Trinajstić information content (AvgIpc) is 2.19. The zero-order valence-electron chi connectivity index (χ0n) is 7.25. The molecule has 2 rings (SSSR count). The summed E-state index contributed by atoms with van der Waals surface area (Å²) in [5.74, 6) is -0.867. The molecule has 1 heterocycles. The highest BCUT2D eigenvalue weighted by atomic mass is 35.5. The normalized spacial score (nSPS) is 19.4. The number of nitriles is 1. The Hall–Kier alpha value is -1.53. The highest BCUT2D eigenvalue weighted by Crippen LogP contribution is 2.31. The summed E-state index contributed by atoms with van der Waals surface area (Å²) in [7, 11) is 0. The molecule has 0 aromatic heterocycles. The predicted octanol–water partition coefficient (Wildman–Crippen LogP) is 1.97. The van der Waals surface area contributed by atoms with E-state index in [1.165, 1.54) is 0 Å². The summed E-state index contributed by atoms with van der Waals surface area (Å²) < 4.78 is 0. The van der Waals surface area contributed by atoms with Gasteiger partial charge in [-0.25, -0.2) is 0 Å². The molecule has 0 bridgehead atoms. The maximum atomic E-state index is 11.3. The molecule has 1 N–H and O–H groups in total. The number of carbonyl (C=O) groups excluding carboxylic acids is 1. The zero-order chi connectivity index (χ0) is 10.1. The highest BCUT2D eigenvalue weighted by Gasteiger charge is 2.26. The van der Waals surface area contributed by atoms with Crippen molar-refractivity contribution in [2.24, 2.45) is 5.92 Å². The molecule has 3 nitrogen and oxygen atoms in total. The number of halogens is 1. The summed E-state index contributed by atoms with van der Waals surface area (Å²) >= 11 is 5.90. The van der Waals surface area contributed by atoms with E-state index >= 15 is 0 Å². The molecule has 0 saturated carbocycles. The first-order valence-electron chi connectivity index (χ1n) is 4.20. The van der Waals surface area contributed by atoms with Crippen molar-refractivity contribution in [3.8, 4) is 6.07 Å². The van der Waals surface area contributed by atoms with Crippen molar-refractivity contribution in [1.82, 2.24) is 0 Å². The minimum Gasteiger partial charge on any atom is -0.323 e. The number of anilines is 1. The van der Waals surface area contributed by atoms with Crippen molar-refractivity contribution in [3.05, 3.63) is 28.8 Å². The smallest absolute Gasteiger partial charge is 0.242 e. The Morgan fingerprint density at radius 1 is 1.57 bits per heavy atom. The number of nitrogens with one attached hydrogen (secondary N) is 1. The van der Waals surface area contributed by atoms with Crippen LogP contribution in [0.25, 0.3) is 0 Å². The van der Waals surface area contributed by atoms with Crippen LogP contribution in [0.2, 0.25) is 5.02 Å². The van der Waals surface area contributed by atoms with Crippen LogP contribution in [0.1, 0.15) is 5.56 Å². The molecule has 1 unspecified atom stereocenters. The minimum atomic E-state index is -0.596. The van der Waals surface area contributed by atoms with E-state index in [2.05, 4.69) is 5.32 Å². The fourth-order valence-corrected chi connectivity index (χ4v) is 1.75. The number of fused-ring (bicyclic) bond motifs is 1. The minimum absolute atomic E-state index is 0.270. The van der Waals surface area contributed by atoms with E-state index in [1.54, 1.807) is 6.07 Å². The molecular weight excluding hydrogens is 200 g/mol. The number of hydrogen-bond donors (Lipinski definition) is 1. The summed E-state index contributed by atoms with van der Waals surface area (Å²) in [6, 6.07) is 7.35. The molecule has 1 aromatic carbocycles. The van der Waals surface area contributed by atoms with Crippen molar-refractivity contribution >= 4 is 23.2 Å². The number of amides is 1. The first-order chi connectivity index (χ1) is 6.72. The standard InChI is InChI=1S/C10H7ClN2O/c11-8-3-1-2-6-4-7(5-12)10(14)13-9(6)8/h1-3,7H,4H2,(H,13,14). The Bertz CT molecular complexity index is 436. The van der Waals surface area contributed by atoms with Crippen LogP contribution in [-0.4, -0.2) is 5.91 Å². The van der Waals surface area contributed by atoms with Crippen LogP contribution < -0.4 is 5.32 Å². The second kappa shape index (κ2) is 3.32. The summed E-state index contributed by atoms with van der Waals surface area (Å²) in [6.07, 6.45) is 0.443. The Kier molecular flexibility index (Phi) is 2.14. The first-order valence-corrected chi connectivity index (χ1v) is 4.58. The lowest BCUT2D eigenvalue weighted by atomic mass is 9.94. The largest absolute Gasteiger partial charge is 0.323 e. The van der Waals surface area contributed by atoms with Crippen molar-refractivity contribution in [3.63, 3.8) is 0 Å². The third-order valence-electron chi connectivity index (χ3n) is 2.24. The van der Waals surface area contributed by atoms with Crippen LogP contribution in [0.3, 0.4) is 0 Å². The number of benzene rings is 1. The lowest BCUT2D eigenvalue weighted by Crippen LogP contribution is -2.28. The van der Waals surface area contributed by atoms with Crippen LogP contribution >= 0.6 is 11.6 Å². The Morgan fingerprint density at radius 3 is 3.07 bits per heavy atom. The van der Waals surface area contributed by atoms with Gasteiger partial charge in [-0.2, -0.15) is 5.26 Å². The van der Waals surface area contributed by atoms with Crippen LogP contribution in [0.4, 0.5) is 5.69 Å². The van der Waals surface area contributed by atoms with Crippen LogP contribution in [0, 0.1) is 17.2 Å². The molecule has 0 fully saturated rings. The monoisotopic (exact) mass is 206 g/mol. The van der Waals surface area contributed by atoms with Crippen molar-refractivity contribution in [2.75, 3.05) is 5.32 Å². The molecule has 1 aliphatic heterocycles. The van der Waals surface area contributed by atoms with E-state index in [9.17, 15) is 4.79 Å². The molecular formula is C10H7ClN2O. The van der Waals surface area contributed by atoms with Gasteiger partial charge < -0.3 is 5.32 Å². The Balaban J connectivity index is 2.46. The second-order valence-electron chi connectivity index (χ2n) is 3.15. The Labute approximate surface area is 86.3 Å². The maximum absolute atomic E-state index is 11.3. The van der Waals surface area contributed by atoms with Gasteiger partial charge in [0, 0.05) is 0 Å². The fourth-order valence-electron chi connectivity index (χ4n) is 1.51. The molecule has 0 saturated heterocycles. The van der Waals surface area contributed by atoms with E-state index in [0.29, 0.717) is 17.1 Å². The van der Waals surface area contributed by atoms with E-state index in [4.69, 9.17) is 16.9 Å². The number of nitrogens with zero attached hydrogens (tertiary/aromatic N) is 1. The van der Waals surface area contributed by atoms with Crippen LogP contribution in [0.15, 0.2) is 18.2 Å². The Morgan fingerprint density at radius 2 is 2.36 bits per heavy atom. The molecule has 14 heavy (non-hydrogen) atoms. The summed E-state index contributed by atoms with van der Waals surface area (Å²) in [5, 5.41) is 11.9. The van der Waals surface area contributed by atoms with Crippen molar-refractivity contribution in [1.29, 1.82) is 5.26 Å². The van der Waals surface area contributed by atoms with E-state index < -0.39 is 5.92 Å². The highest BCUT2D eigenvalue weighted by molar-refractivity contribution is 6.34. The van der Waals surface area contributed by atoms with Gasteiger partial charge >= 0.3 is 0 Å². The average molecular weight is 207 g/mol. The van der Waals surface area contributed by atoms with Gasteiger partial charge in [-0.15, -0.1) is 0 Å². The van der Waals surface area contributed by atoms with Gasteiger partial charge in [0.25, 0.3) is 0 Å². The van der Waals surface area contributed by atoms with Gasteiger partial charge in [-0.05, 0) is 18.1 Å². The van der Waals surface area contributed by atoms with Crippen LogP contribution in [-0.2, 0) is 11.2 Å². The van der Waals surface area contributed by atoms with Gasteiger partial charge in [0.15, 0.2) is 0 Å². The quantitative estimate of drug-likeness (QED) is 0.706. The first kappa shape index (κ1) is 9.04. The van der Waals surface area contributed by atoms with Gasteiger partial charge in [-0.3, -0.25) is 4.79 Å². The molecule has 0 aliphatic carbocycles. The molecule has 0 spiro atoms. The third-order valence-corrected chi connectivity index (χ3v) is 2.56. The number of carbonyl (C=O) groups is 1. The lowest BCUT2D eigenvalue weighted by Gasteiger charge is -2.20. The fraction of sp³-hybridized carbons (Fsp3) is 0.200.